The van der Waals surface area contributed by atoms with Gasteiger partial charge in [0.2, 0.25) is 5.60 Å². The maximum Gasteiger partial charge on any atom is 0.413 e. The van der Waals surface area contributed by atoms with Crippen LogP contribution in [0.1, 0.15) is 60.4 Å². The largest absolute Gasteiger partial charge is 0.448 e. The van der Waals surface area contributed by atoms with Gasteiger partial charge in [0.1, 0.15) is 38.6 Å². The summed E-state index contributed by atoms with van der Waals surface area (Å²) in [7, 11) is 0. The molecule has 4 N–H and O–H groups in total. The van der Waals surface area contributed by atoms with Crippen molar-refractivity contribution in [2.24, 2.45) is 5.16 Å². The number of esters is 1. The fourth-order valence-corrected chi connectivity index (χ4v) is 11.4. The Morgan fingerprint density at radius 1 is 0.806 bits per heavy atom. The molecule has 15 nitrogen and oxygen atoms in total. The molecule has 0 spiro atoms. The van der Waals surface area contributed by atoms with Crippen molar-refractivity contribution in [1.82, 2.24) is 25.2 Å². The smallest absolute Gasteiger partial charge is 0.413 e. The molecule has 0 radical (unpaired) electrons. The van der Waals surface area contributed by atoms with Crippen LogP contribution >= 0.6 is 46.5 Å². The molecule has 0 saturated carbocycles. The third kappa shape index (κ3) is 10.7. The maximum absolute atomic E-state index is 15.0. The first-order chi connectivity index (χ1) is 34.8. The van der Waals surface area contributed by atoms with Crippen LogP contribution in [-0.2, 0) is 34.3 Å². The number of fused-ring (bicyclic) bond motifs is 1. The number of benzene rings is 5. The molecule has 7 aromatic rings. The third-order valence-corrected chi connectivity index (χ3v) is 14.8. The SMILES string of the molecule is CC(C)(C)OC(=O)Nc1nc(/C(=N/OC(c2ccccc2)(c2ccccc2)c2ccccc2)C(=O)NC2C(=O)N3C(C(=O)OC(c4ccccc4)c4ccccc4)=C(Sc4nccc(N)n4)CS[C@H]23)c(Cl)s1. The van der Waals surface area contributed by atoms with Crippen LogP contribution < -0.4 is 16.4 Å². The number of anilines is 2. The number of oxime groups is 1. The van der Waals surface area contributed by atoms with Crippen LogP contribution in [0.3, 0.4) is 0 Å². The summed E-state index contributed by atoms with van der Waals surface area (Å²) >= 11 is 10.2. The first kappa shape index (κ1) is 49.5. The zero-order valence-corrected chi connectivity index (χ0v) is 42.0. The molecule has 0 bridgehead atoms. The molecule has 1 unspecified atom stereocenters. The van der Waals surface area contributed by atoms with Gasteiger partial charge in [0, 0.05) is 33.5 Å². The molecule has 2 aliphatic rings. The van der Waals surface area contributed by atoms with Crippen molar-refractivity contribution in [3.05, 3.63) is 212 Å². The molecule has 3 amide bonds. The lowest BCUT2D eigenvalue weighted by Crippen LogP contribution is -2.71. The number of amides is 3. The molecule has 0 aliphatic carbocycles. The van der Waals surface area contributed by atoms with Gasteiger partial charge in [0.05, 0.1) is 0 Å². The summed E-state index contributed by atoms with van der Waals surface area (Å²) < 4.78 is 11.8. The van der Waals surface area contributed by atoms with Crippen LogP contribution in [0.2, 0.25) is 4.34 Å². The Hall–Kier alpha value is -7.51. The minimum absolute atomic E-state index is 0.00528. The van der Waals surface area contributed by atoms with Gasteiger partial charge in [-0.1, -0.05) is 192 Å². The van der Waals surface area contributed by atoms with E-state index in [0.29, 0.717) is 32.7 Å². The molecular formula is C53H45ClN8O7S3. The summed E-state index contributed by atoms with van der Waals surface area (Å²) in [4.78, 5) is 79.2. The Kier molecular flexibility index (Phi) is 14.7. The van der Waals surface area contributed by atoms with E-state index in [1.54, 1.807) is 26.8 Å². The van der Waals surface area contributed by atoms with Crippen molar-refractivity contribution in [1.29, 1.82) is 0 Å². The van der Waals surface area contributed by atoms with E-state index in [1.807, 2.05) is 152 Å². The summed E-state index contributed by atoms with van der Waals surface area (Å²) in [6.07, 6.45) is -0.139. The van der Waals surface area contributed by atoms with Gasteiger partial charge in [-0.05, 0) is 38.0 Å². The van der Waals surface area contributed by atoms with Gasteiger partial charge in [-0.2, -0.15) is 0 Å². The lowest BCUT2D eigenvalue weighted by atomic mass is 9.80. The highest BCUT2D eigenvalue weighted by Gasteiger charge is 2.55. The average molecular weight is 1040 g/mol. The van der Waals surface area contributed by atoms with Gasteiger partial charge in [-0.15, -0.1) is 11.8 Å². The van der Waals surface area contributed by atoms with Crippen LogP contribution in [0, 0.1) is 0 Å². The molecule has 1 saturated heterocycles. The van der Waals surface area contributed by atoms with E-state index in [1.165, 1.54) is 22.9 Å². The minimum Gasteiger partial charge on any atom is -0.448 e. The van der Waals surface area contributed by atoms with E-state index in [9.17, 15) is 14.4 Å². The molecule has 2 aromatic heterocycles. The van der Waals surface area contributed by atoms with Crippen molar-refractivity contribution >= 4 is 87.0 Å². The summed E-state index contributed by atoms with van der Waals surface area (Å²) in [6.45, 7) is 5.14. The summed E-state index contributed by atoms with van der Waals surface area (Å²) in [6, 6.07) is 47.1. The highest BCUT2D eigenvalue weighted by molar-refractivity contribution is 8.06. The molecule has 72 heavy (non-hydrogen) atoms. The second kappa shape index (κ2) is 21.5. The molecule has 1 fully saturated rings. The summed E-state index contributed by atoms with van der Waals surface area (Å²) in [5.74, 6) is -1.86. The van der Waals surface area contributed by atoms with E-state index >= 15 is 4.79 Å². The average Bonchev–Trinajstić information content (AvgIpc) is 3.74. The lowest BCUT2D eigenvalue weighted by Gasteiger charge is -2.49. The number of hydrogen-bond donors (Lipinski definition) is 3. The lowest BCUT2D eigenvalue weighted by molar-refractivity contribution is -0.154. The molecular weight excluding hydrogens is 992 g/mol. The van der Waals surface area contributed by atoms with Gasteiger partial charge in [0.25, 0.3) is 11.8 Å². The van der Waals surface area contributed by atoms with Crippen LogP contribution in [0.5, 0.6) is 0 Å². The van der Waals surface area contributed by atoms with Gasteiger partial charge in [0.15, 0.2) is 22.1 Å². The highest BCUT2D eigenvalue weighted by Crippen LogP contribution is 2.46. The van der Waals surface area contributed by atoms with Crippen molar-refractivity contribution in [2.45, 2.75) is 54.6 Å². The van der Waals surface area contributed by atoms with Crippen LogP contribution in [0.4, 0.5) is 15.7 Å². The molecule has 2 atom stereocenters. The first-order valence-corrected chi connectivity index (χ1v) is 25.5. The monoisotopic (exact) mass is 1040 g/mol. The number of nitrogens with zero attached hydrogens (tertiary/aromatic N) is 5. The van der Waals surface area contributed by atoms with Crippen molar-refractivity contribution < 1.29 is 33.5 Å². The predicted octanol–water partition coefficient (Wildman–Crippen LogP) is 9.97. The molecule has 19 heteroatoms. The molecule has 9 rings (SSSR count). The van der Waals surface area contributed by atoms with Crippen molar-refractivity contribution in [3.63, 3.8) is 0 Å². The fraction of sp³-hybridized carbons (Fsp3) is 0.170. The van der Waals surface area contributed by atoms with Gasteiger partial charge in [-0.3, -0.25) is 19.8 Å². The number of nitrogens with one attached hydrogen (secondary N) is 2. The fourth-order valence-electron chi connectivity index (χ4n) is 8.00. The number of thiazole rings is 1. The quantitative estimate of drug-likeness (QED) is 0.0219. The Balaban J connectivity index is 1.09. The second-order valence-corrected chi connectivity index (χ2v) is 21.0. The van der Waals surface area contributed by atoms with Crippen LogP contribution in [0.25, 0.3) is 0 Å². The van der Waals surface area contributed by atoms with E-state index in [0.717, 1.165) is 23.1 Å². The van der Waals surface area contributed by atoms with E-state index in [2.05, 4.69) is 30.7 Å². The van der Waals surface area contributed by atoms with Crippen molar-refractivity contribution in [2.75, 3.05) is 16.8 Å². The normalized spacial score (nSPS) is 15.8. The van der Waals surface area contributed by atoms with E-state index in [-0.39, 0.29) is 37.6 Å². The number of carbonyl (C=O) groups excluding carboxylic acids is 4. The number of ether oxygens (including phenoxy) is 2. The van der Waals surface area contributed by atoms with Gasteiger partial charge >= 0.3 is 12.1 Å². The Morgan fingerprint density at radius 2 is 1.35 bits per heavy atom. The summed E-state index contributed by atoms with van der Waals surface area (Å²) in [5.41, 5.74) is 6.61. The molecule has 5 aromatic carbocycles. The number of rotatable bonds is 15. The number of halogens is 1. The zero-order valence-electron chi connectivity index (χ0n) is 38.8. The maximum atomic E-state index is 15.0. The Bertz CT molecular complexity index is 3030. The number of aromatic nitrogens is 3. The van der Waals surface area contributed by atoms with Crippen molar-refractivity contribution in [3.8, 4) is 0 Å². The standard InChI is InChI=1S/C53H45ClN8O7S3/c1-52(2,3)68-51(66)60-50-59-39(44(54)72-50)40(61-69-53(34-23-13-6-14-24-34,35-25-15-7-16-26-35)36-27-17-8-18-28-36)45(63)58-41-46(64)62-42(37(31-70-47(41)62)71-49-56-30-29-38(55)57-49)48(65)67-43(32-19-9-4-10-20-32)33-21-11-5-12-22-33/h4-30,41,43,47H,31H2,1-3H3,(H,58,63)(H2,55,56,57)(H,59,60,66)/b61-40-/t41?,47-/m1/s1. The number of β-lactam (4-membered cyclic amide) rings is 1. The van der Waals surface area contributed by atoms with E-state index < -0.39 is 58.3 Å². The third-order valence-electron chi connectivity index (χ3n) is 11.2. The van der Waals surface area contributed by atoms with Crippen LogP contribution in [0.15, 0.2) is 185 Å². The topological polar surface area (TPSA) is 200 Å². The number of hydrogen-bond acceptors (Lipinski definition) is 15. The molecule has 364 valence electrons. The second-order valence-electron chi connectivity index (χ2n) is 17.2. The predicted molar refractivity (Wildman–Crippen MR) is 279 cm³/mol. The highest BCUT2D eigenvalue weighted by atomic mass is 35.5. The minimum atomic E-state index is -1.45. The number of nitrogen functional groups attached to an aromatic ring is 1. The van der Waals surface area contributed by atoms with Crippen LogP contribution in [-0.4, -0.2) is 72.2 Å². The molecule has 4 heterocycles. The number of nitrogens with two attached hydrogens (primary N) is 1. The summed E-state index contributed by atoms with van der Waals surface area (Å²) in [5, 5.41) is 9.54. The van der Waals surface area contributed by atoms with Gasteiger partial charge < -0.3 is 25.4 Å². The number of thioether (sulfide) groups is 2. The molecule has 2 aliphatic heterocycles. The zero-order chi connectivity index (χ0) is 50.4. The Morgan fingerprint density at radius 3 is 1.88 bits per heavy atom. The Labute approximate surface area is 432 Å². The van der Waals surface area contributed by atoms with Gasteiger partial charge in [-0.25, -0.2) is 24.5 Å². The number of carbonyl (C=O) groups is 4. The first-order valence-electron chi connectivity index (χ1n) is 22.4. The van der Waals surface area contributed by atoms with E-state index in [4.69, 9.17) is 31.6 Å².